The van der Waals surface area contributed by atoms with Crippen molar-refractivity contribution in [3.05, 3.63) is 41.0 Å². The van der Waals surface area contributed by atoms with E-state index in [2.05, 4.69) is 0 Å². The first-order chi connectivity index (χ1) is 10.4. The Kier molecular flexibility index (Phi) is 3.26. The third-order valence-corrected chi connectivity index (χ3v) is 3.82. The zero-order valence-corrected chi connectivity index (χ0v) is 11.8. The molecular formula is C16H16O6. The molecule has 116 valence electrons. The second-order valence-corrected chi connectivity index (χ2v) is 5.46. The molecule has 6 heteroatoms. The molecule has 0 saturated heterocycles. The van der Waals surface area contributed by atoms with Crippen LogP contribution in [0.3, 0.4) is 0 Å². The first kappa shape index (κ1) is 14.3. The third kappa shape index (κ3) is 2.27. The highest BCUT2D eigenvalue weighted by Crippen LogP contribution is 2.43. The fourth-order valence-corrected chi connectivity index (χ4v) is 2.70. The molecule has 1 heterocycles. The highest BCUT2D eigenvalue weighted by atomic mass is 16.5. The van der Waals surface area contributed by atoms with Crippen molar-refractivity contribution < 1.29 is 30.3 Å². The van der Waals surface area contributed by atoms with E-state index in [1.165, 1.54) is 18.2 Å². The summed E-state index contributed by atoms with van der Waals surface area (Å²) < 4.78 is 5.68. The highest BCUT2D eigenvalue weighted by Gasteiger charge is 2.32. The van der Waals surface area contributed by atoms with E-state index in [-0.39, 0.29) is 35.2 Å². The zero-order valence-electron chi connectivity index (χ0n) is 11.8. The lowest BCUT2D eigenvalue weighted by Gasteiger charge is -2.31. The van der Waals surface area contributed by atoms with E-state index in [9.17, 15) is 25.5 Å². The van der Waals surface area contributed by atoms with Crippen LogP contribution in [-0.4, -0.2) is 31.6 Å². The lowest BCUT2D eigenvalue weighted by Crippen LogP contribution is -2.30. The van der Waals surface area contributed by atoms with Crippen LogP contribution in [0, 0.1) is 6.92 Å². The Morgan fingerprint density at radius 3 is 2.41 bits per heavy atom. The molecule has 0 spiro atoms. The number of aromatic hydroxyl groups is 4. The Labute approximate surface area is 126 Å². The summed E-state index contributed by atoms with van der Waals surface area (Å²) in [5.41, 5.74) is 1.37. The van der Waals surface area contributed by atoms with Gasteiger partial charge in [0.25, 0.3) is 0 Å². The lowest BCUT2D eigenvalue weighted by molar-refractivity contribution is 0.0196. The van der Waals surface area contributed by atoms with E-state index in [1.54, 1.807) is 13.0 Å². The fraction of sp³-hybridized carbons (Fsp3) is 0.250. The Morgan fingerprint density at radius 1 is 1.00 bits per heavy atom. The monoisotopic (exact) mass is 304 g/mol. The number of hydrogen-bond donors (Lipinski definition) is 5. The topological polar surface area (TPSA) is 110 Å². The Bertz CT molecular complexity index is 717. The SMILES string of the molecule is Cc1cc(C2Oc3cc(O)cc(O)c3CC2O)cc(O)c1O. The van der Waals surface area contributed by atoms with E-state index in [0.29, 0.717) is 16.7 Å². The third-order valence-electron chi connectivity index (χ3n) is 3.82. The van der Waals surface area contributed by atoms with Gasteiger partial charge < -0.3 is 30.3 Å². The standard InChI is InChI=1S/C16H16O6/c1-7-2-8(3-12(19)15(7)21)16-13(20)6-10-11(18)4-9(17)5-14(10)22-16/h2-5,13,16-21H,6H2,1H3. The van der Waals surface area contributed by atoms with Gasteiger partial charge in [-0.15, -0.1) is 0 Å². The lowest BCUT2D eigenvalue weighted by atomic mass is 9.93. The Morgan fingerprint density at radius 2 is 1.73 bits per heavy atom. The van der Waals surface area contributed by atoms with Gasteiger partial charge in [0.05, 0.1) is 6.10 Å². The Hall–Kier alpha value is -2.60. The minimum absolute atomic E-state index is 0.141. The second-order valence-electron chi connectivity index (χ2n) is 5.46. The van der Waals surface area contributed by atoms with Gasteiger partial charge in [0.1, 0.15) is 23.4 Å². The minimum Gasteiger partial charge on any atom is -0.508 e. The van der Waals surface area contributed by atoms with Crippen LogP contribution in [-0.2, 0) is 6.42 Å². The summed E-state index contributed by atoms with van der Waals surface area (Å²) in [7, 11) is 0. The second kappa shape index (κ2) is 4.99. The van der Waals surface area contributed by atoms with Gasteiger partial charge in [-0.2, -0.15) is 0 Å². The van der Waals surface area contributed by atoms with Crippen molar-refractivity contribution in [1.82, 2.24) is 0 Å². The van der Waals surface area contributed by atoms with Crippen molar-refractivity contribution >= 4 is 0 Å². The predicted molar refractivity (Wildman–Crippen MR) is 77.4 cm³/mol. The molecule has 1 aliphatic rings. The number of rotatable bonds is 1. The molecule has 3 rings (SSSR count). The molecule has 2 atom stereocenters. The van der Waals surface area contributed by atoms with Gasteiger partial charge in [0, 0.05) is 24.1 Å². The average Bonchev–Trinajstić information content (AvgIpc) is 2.44. The van der Waals surface area contributed by atoms with Crippen LogP contribution in [0.1, 0.15) is 22.8 Å². The molecule has 0 aliphatic carbocycles. The largest absolute Gasteiger partial charge is 0.508 e. The summed E-state index contributed by atoms with van der Waals surface area (Å²) in [6.07, 6.45) is -1.57. The van der Waals surface area contributed by atoms with Gasteiger partial charge in [0.2, 0.25) is 0 Å². The number of fused-ring (bicyclic) bond motifs is 1. The molecule has 2 unspecified atom stereocenters. The van der Waals surface area contributed by atoms with Crippen LogP contribution in [0.2, 0.25) is 0 Å². The molecule has 5 N–H and O–H groups in total. The van der Waals surface area contributed by atoms with Gasteiger partial charge in [-0.05, 0) is 30.2 Å². The van der Waals surface area contributed by atoms with Crippen LogP contribution in [0.25, 0.3) is 0 Å². The first-order valence-corrected chi connectivity index (χ1v) is 6.79. The van der Waals surface area contributed by atoms with Crippen molar-refractivity contribution in [1.29, 1.82) is 0 Å². The zero-order chi connectivity index (χ0) is 16.0. The van der Waals surface area contributed by atoms with Crippen molar-refractivity contribution in [2.45, 2.75) is 25.6 Å². The van der Waals surface area contributed by atoms with Gasteiger partial charge in [-0.3, -0.25) is 0 Å². The number of aliphatic hydroxyl groups is 1. The normalized spacial score (nSPS) is 20.3. The summed E-state index contributed by atoms with van der Waals surface area (Å²) in [6.45, 7) is 1.62. The predicted octanol–water partition coefficient (Wildman–Crippen LogP) is 1.85. The summed E-state index contributed by atoms with van der Waals surface area (Å²) in [5.74, 6) is -0.522. The first-order valence-electron chi connectivity index (χ1n) is 6.79. The van der Waals surface area contributed by atoms with Crippen LogP contribution in [0.15, 0.2) is 24.3 Å². The number of phenolic OH excluding ortho intramolecular Hbond substituents is 4. The number of ether oxygens (including phenoxy) is 1. The quantitative estimate of drug-likeness (QED) is 0.514. The van der Waals surface area contributed by atoms with Crippen molar-refractivity contribution in [3.63, 3.8) is 0 Å². The molecule has 6 nitrogen and oxygen atoms in total. The highest BCUT2D eigenvalue weighted by molar-refractivity contribution is 5.52. The number of phenols is 4. The molecule has 2 aromatic rings. The molecule has 22 heavy (non-hydrogen) atoms. The summed E-state index contributed by atoms with van der Waals surface area (Å²) in [4.78, 5) is 0. The van der Waals surface area contributed by atoms with Crippen molar-refractivity contribution in [3.8, 4) is 28.7 Å². The van der Waals surface area contributed by atoms with E-state index in [0.717, 1.165) is 0 Å². The van der Waals surface area contributed by atoms with E-state index in [4.69, 9.17) is 4.74 Å². The van der Waals surface area contributed by atoms with Gasteiger partial charge in [-0.1, -0.05) is 0 Å². The molecule has 0 radical (unpaired) electrons. The van der Waals surface area contributed by atoms with Gasteiger partial charge in [0.15, 0.2) is 11.5 Å². The minimum atomic E-state index is -0.939. The van der Waals surface area contributed by atoms with E-state index < -0.39 is 12.2 Å². The molecule has 1 aliphatic heterocycles. The number of benzene rings is 2. The molecule has 0 amide bonds. The molecule has 0 bridgehead atoms. The maximum absolute atomic E-state index is 10.3. The van der Waals surface area contributed by atoms with Crippen LogP contribution < -0.4 is 4.74 Å². The van der Waals surface area contributed by atoms with Crippen LogP contribution in [0.4, 0.5) is 0 Å². The summed E-state index contributed by atoms with van der Waals surface area (Å²) >= 11 is 0. The molecular weight excluding hydrogens is 288 g/mol. The van der Waals surface area contributed by atoms with E-state index >= 15 is 0 Å². The smallest absolute Gasteiger partial charge is 0.160 e. The van der Waals surface area contributed by atoms with Crippen molar-refractivity contribution in [2.75, 3.05) is 0 Å². The maximum Gasteiger partial charge on any atom is 0.160 e. The molecule has 2 aromatic carbocycles. The van der Waals surface area contributed by atoms with Gasteiger partial charge in [-0.25, -0.2) is 0 Å². The number of aryl methyl sites for hydroxylation is 1. The fourth-order valence-electron chi connectivity index (χ4n) is 2.70. The number of hydrogen-bond acceptors (Lipinski definition) is 6. The maximum atomic E-state index is 10.3. The molecule has 0 saturated carbocycles. The molecule has 0 aromatic heterocycles. The molecule has 0 fully saturated rings. The summed E-state index contributed by atoms with van der Waals surface area (Å²) in [6, 6.07) is 5.48. The van der Waals surface area contributed by atoms with Gasteiger partial charge >= 0.3 is 0 Å². The van der Waals surface area contributed by atoms with Crippen LogP contribution in [0.5, 0.6) is 28.7 Å². The average molecular weight is 304 g/mol. The number of aliphatic hydroxyl groups excluding tert-OH is 1. The van der Waals surface area contributed by atoms with Crippen LogP contribution >= 0.6 is 0 Å². The summed E-state index contributed by atoms with van der Waals surface area (Å²) in [5, 5.41) is 48.9. The van der Waals surface area contributed by atoms with E-state index in [1.807, 2.05) is 0 Å². The Balaban J connectivity index is 2.03. The van der Waals surface area contributed by atoms with Crippen molar-refractivity contribution in [2.24, 2.45) is 0 Å².